The third-order valence-electron chi connectivity index (χ3n) is 2.49. The molecular formula is C12H11NO5. The highest BCUT2D eigenvalue weighted by molar-refractivity contribution is 6.07. The molecule has 1 N–H and O–H groups in total. The maximum atomic E-state index is 11.6. The van der Waals surface area contributed by atoms with Crippen molar-refractivity contribution in [2.75, 3.05) is 6.61 Å². The number of carbonyl (C=O) groups is 2. The molecule has 0 aliphatic rings. The SMILES string of the molecule is CC(=O)c1c(OCC(=O)O)ccc2c(C)noc12. The standard InChI is InChI=1S/C12H11NO5/c1-6-8-3-4-9(17-5-10(15)16)11(7(2)14)12(8)18-13-6/h3-4H,5H2,1-2H3,(H,15,16). The first kappa shape index (κ1) is 12.1. The van der Waals surface area contributed by atoms with Gasteiger partial charge in [-0.2, -0.15) is 0 Å². The summed E-state index contributed by atoms with van der Waals surface area (Å²) in [4.78, 5) is 22.1. The van der Waals surface area contributed by atoms with Crippen molar-refractivity contribution in [3.8, 4) is 5.75 Å². The van der Waals surface area contributed by atoms with Gasteiger partial charge in [-0.15, -0.1) is 0 Å². The number of hydrogen-bond donors (Lipinski definition) is 1. The molecule has 1 heterocycles. The van der Waals surface area contributed by atoms with Crippen LogP contribution in [0, 0.1) is 6.92 Å². The highest BCUT2D eigenvalue weighted by Crippen LogP contribution is 2.30. The molecule has 94 valence electrons. The fraction of sp³-hybridized carbons (Fsp3) is 0.250. The van der Waals surface area contributed by atoms with Gasteiger partial charge in [0, 0.05) is 5.39 Å². The molecule has 2 rings (SSSR count). The van der Waals surface area contributed by atoms with Gasteiger partial charge in [0.25, 0.3) is 0 Å². The minimum atomic E-state index is -1.11. The van der Waals surface area contributed by atoms with Crippen molar-refractivity contribution in [3.05, 3.63) is 23.4 Å². The maximum absolute atomic E-state index is 11.6. The normalized spacial score (nSPS) is 10.6. The smallest absolute Gasteiger partial charge is 0.341 e. The molecule has 0 aliphatic heterocycles. The fourth-order valence-corrected chi connectivity index (χ4v) is 1.70. The van der Waals surface area contributed by atoms with Gasteiger partial charge in [-0.3, -0.25) is 4.79 Å². The molecule has 0 unspecified atom stereocenters. The van der Waals surface area contributed by atoms with Crippen LogP contribution in [0.4, 0.5) is 0 Å². The van der Waals surface area contributed by atoms with Gasteiger partial charge in [-0.05, 0) is 26.0 Å². The number of aliphatic carboxylic acids is 1. The van der Waals surface area contributed by atoms with E-state index in [0.717, 1.165) is 0 Å². The Morgan fingerprint density at radius 2 is 2.17 bits per heavy atom. The van der Waals surface area contributed by atoms with E-state index < -0.39 is 12.6 Å². The second kappa shape index (κ2) is 4.48. The van der Waals surface area contributed by atoms with Crippen LogP contribution in [0.1, 0.15) is 23.0 Å². The first-order chi connectivity index (χ1) is 8.50. The highest BCUT2D eigenvalue weighted by atomic mass is 16.5. The van der Waals surface area contributed by atoms with Crippen LogP contribution in [0.2, 0.25) is 0 Å². The summed E-state index contributed by atoms with van der Waals surface area (Å²) >= 11 is 0. The molecule has 0 amide bonds. The molecular weight excluding hydrogens is 238 g/mol. The van der Waals surface area contributed by atoms with Crippen LogP contribution in [0.25, 0.3) is 11.0 Å². The molecule has 0 bridgehead atoms. The van der Waals surface area contributed by atoms with Gasteiger partial charge >= 0.3 is 5.97 Å². The molecule has 0 fully saturated rings. The van der Waals surface area contributed by atoms with Gasteiger partial charge in [0.05, 0.1) is 5.69 Å². The van der Waals surface area contributed by atoms with Gasteiger partial charge < -0.3 is 14.4 Å². The first-order valence-corrected chi connectivity index (χ1v) is 5.25. The molecule has 1 aromatic heterocycles. The fourth-order valence-electron chi connectivity index (χ4n) is 1.70. The number of carboxylic acids is 1. The van der Waals surface area contributed by atoms with Crippen molar-refractivity contribution in [1.29, 1.82) is 0 Å². The van der Waals surface area contributed by atoms with E-state index in [-0.39, 0.29) is 17.1 Å². The summed E-state index contributed by atoms with van der Waals surface area (Å²) in [6.07, 6.45) is 0. The van der Waals surface area contributed by atoms with Crippen LogP contribution in [-0.4, -0.2) is 28.6 Å². The lowest BCUT2D eigenvalue weighted by molar-refractivity contribution is -0.139. The molecule has 0 saturated heterocycles. The summed E-state index contributed by atoms with van der Waals surface area (Å²) in [6.45, 7) is 2.60. The molecule has 2 aromatic rings. The van der Waals surface area contributed by atoms with Crippen molar-refractivity contribution >= 4 is 22.7 Å². The van der Waals surface area contributed by atoms with Crippen LogP contribution in [0.3, 0.4) is 0 Å². The molecule has 1 aromatic carbocycles. The zero-order chi connectivity index (χ0) is 13.3. The minimum Gasteiger partial charge on any atom is -0.481 e. The predicted octanol–water partition coefficient (Wildman–Crippen LogP) is 1.80. The third kappa shape index (κ3) is 2.04. The van der Waals surface area contributed by atoms with E-state index in [1.165, 1.54) is 6.92 Å². The number of fused-ring (bicyclic) bond motifs is 1. The van der Waals surface area contributed by atoms with E-state index in [0.29, 0.717) is 16.7 Å². The van der Waals surface area contributed by atoms with E-state index in [4.69, 9.17) is 14.4 Å². The number of ketones is 1. The van der Waals surface area contributed by atoms with E-state index in [1.807, 2.05) is 0 Å². The topological polar surface area (TPSA) is 89.6 Å². The summed E-state index contributed by atoms with van der Waals surface area (Å²) in [5.41, 5.74) is 1.20. The van der Waals surface area contributed by atoms with Crippen LogP contribution in [-0.2, 0) is 4.79 Å². The molecule has 0 spiro atoms. The number of hydrogen-bond acceptors (Lipinski definition) is 5. The Bertz CT molecular complexity index is 629. The van der Waals surface area contributed by atoms with Gasteiger partial charge in [0.2, 0.25) is 0 Å². The number of ether oxygens (including phenoxy) is 1. The number of aromatic nitrogens is 1. The Labute approximate surface area is 102 Å². The lowest BCUT2D eigenvalue weighted by atomic mass is 10.1. The number of carboxylic acid groups (broad SMARTS) is 1. The average Bonchev–Trinajstić information content (AvgIpc) is 2.67. The zero-order valence-electron chi connectivity index (χ0n) is 9.89. The van der Waals surface area contributed by atoms with Crippen LogP contribution >= 0.6 is 0 Å². The second-order valence-electron chi connectivity index (χ2n) is 3.82. The molecule has 6 heteroatoms. The van der Waals surface area contributed by atoms with Crippen LogP contribution < -0.4 is 4.74 Å². The Hall–Kier alpha value is -2.37. The first-order valence-electron chi connectivity index (χ1n) is 5.25. The van der Waals surface area contributed by atoms with Crippen LogP contribution in [0.15, 0.2) is 16.7 Å². The third-order valence-corrected chi connectivity index (χ3v) is 2.49. The number of Topliss-reactive ketones (excluding diaryl/α,β-unsaturated/α-hetero) is 1. The van der Waals surface area contributed by atoms with E-state index >= 15 is 0 Å². The molecule has 0 aliphatic carbocycles. The van der Waals surface area contributed by atoms with Gasteiger partial charge in [0.15, 0.2) is 18.0 Å². The Morgan fingerprint density at radius 3 is 2.78 bits per heavy atom. The quantitative estimate of drug-likeness (QED) is 0.831. The van der Waals surface area contributed by atoms with Crippen LogP contribution in [0.5, 0.6) is 5.75 Å². The number of nitrogens with zero attached hydrogens (tertiary/aromatic N) is 1. The minimum absolute atomic E-state index is 0.188. The Balaban J connectivity index is 2.56. The van der Waals surface area contributed by atoms with E-state index in [2.05, 4.69) is 5.16 Å². The van der Waals surface area contributed by atoms with Crippen molar-refractivity contribution in [2.24, 2.45) is 0 Å². The lowest BCUT2D eigenvalue weighted by Crippen LogP contribution is -2.11. The molecule has 0 atom stereocenters. The van der Waals surface area contributed by atoms with Crippen molar-refractivity contribution in [2.45, 2.75) is 13.8 Å². The summed E-state index contributed by atoms with van der Waals surface area (Å²) in [6, 6.07) is 3.23. The molecule has 18 heavy (non-hydrogen) atoms. The summed E-state index contributed by atoms with van der Waals surface area (Å²) < 4.78 is 10.2. The average molecular weight is 249 g/mol. The maximum Gasteiger partial charge on any atom is 0.341 e. The number of carbonyl (C=O) groups excluding carboxylic acids is 1. The van der Waals surface area contributed by atoms with Crippen molar-refractivity contribution in [1.82, 2.24) is 5.16 Å². The van der Waals surface area contributed by atoms with Crippen molar-refractivity contribution in [3.63, 3.8) is 0 Å². The number of aryl methyl sites for hydroxylation is 1. The molecule has 6 nitrogen and oxygen atoms in total. The van der Waals surface area contributed by atoms with Crippen molar-refractivity contribution < 1.29 is 24.0 Å². The number of benzene rings is 1. The zero-order valence-corrected chi connectivity index (χ0v) is 9.89. The monoisotopic (exact) mass is 249 g/mol. The molecule has 0 saturated carbocycles. The van der Waals surface area contributed by atoms with E-state index in [9.17, 15) is 9.59 Å². The Morgan fingerprint density at radius 1 is 1.44 bits per heavy atom. The largest absolute Gasteiger partial charge is 0.481 e. The summed E-state index contributed by atoms with van der Waals surface area (Å²) in [5, 5.41) is 13.1. The summed E-state index contributed by atoms with van der Waals surface area (Å²) in [7, 11) is 0. The Kier molecular flexibility index (Phi) is 3.01. The second-order valence-corrected chi connectivity index (χ2v) is 3.82. The molecule has 0 radical (unpaired) electrons. The van der Waals surface area contributed by atoms with Gasteiger partial charge in [-0.25, -0.2) is 4.79 Å². The lowest BCUT2D eigenvalue weighted by Gasteiger charge is -2.07. The van der Waals surface area contributed by atoms with E-state index in [1.54, 1.807) is 19.1 Å². The van der Waals surface area contributed by atoms with Gasteiger partial charge in [0.1, 0.15) is 11.3 Å². The predicted molar refractivity (Wildman–Crippen MR) is 61.9 cm³/mol. The highest BCUT2D eigenvalue weighted by Gasteiger charge is 2.19. The number of rotatable bonds is 4. The summed E-state index contributed by atoms with van der Waals surface area (Å²) in [5.74, 6) is -1.19. The van der Waals surface area contributed by atoms with Gasteiger partial charge in [-0.1, -0.05) is 5.16 Å².